The second-order valence-corrected chi connectivity index (χ2v) is 3.33. The van der Waals surface area contributed by atoms with Crippen LogP contribution in [0.4, 0.5) is 0 Å². The highest BCUT2D eigenvalue weighted by molar-refractivity contribution is 5.91. The zero-order chi connectivity index (χ0) is 13.1. The Labute approximate surface area is 101 Å². The van der Waals surface area contributed by atoms with Crippen molar-refractivity contribution < 1.29 is 14.7 Å². The maximum atomic E-state index is 11.2. The number of carboxylic acids is 1. The summed E-state index contributed by atoms with van der Waals surface area (Å²) in [5.41, 5.74) is 0.221. The van der Waals surface area contributed by atoms with Crippen molar-refractivity contribution in [1.82, 2.24) is 25.3 Å². The molecule has 0 atom stereocenters. The Morgan fingerprint density at radius 2 is 2.11 bits per heavy atom. The molecular weight excluding hydrogens is 238 g/mol. The molecule has 0 fully saturated rings. The Bertz CT molecular complexity index is 590. The van der Waals surface area contributed by atoms with Gasteiger partial charge >= 0.3 is 5.97 Å². The number of aromatic carboxylic acids is 1. The van der Waals surface area contributed by atoms with E-state index in [4.69, 9.17) is 5.11 Å². The third kappa shape index (κ3) is 2.17. The zero-order valence-electron chi connectivity index (χ0n) is 9.36. The topological polar surface area (TPSA) is 110 Å². The van der Waals surface area contributed by atoms with E-state index in [-0.39, 0.29) is 17.2 Å². The minimum atomic E-state index is -1.07. The first-order valence-electron chi connectivity index (χ1n) is 4.96. The van der Waals surface area contributed by atoms with Gasteiger partial charge in [-0.05, 0) is 12.1 Å². The van der Waals surface area contributed by atoms with Gasteiger partial charge in [0.2, 0.25) is 0 Å². The molecule has 92 valence electrons. The van der Waals surface area contributed by atoms with Gasteiger partial charge in [0.25, 0.3) is 5.91 Å². The van der Waals surface area contributed by atoms with Gasteiger partial charge in [-0.15, -0.1) is 10.2 Å². The van der Waals surface area contributed by atoms with Crippen LogP contribution in [0.15, 0.2) is 24.5 Å². The third-order valence-corrected chi connectivity index (χ3v) is 2.17. The fraction of sp³-hybridized carbons (Fsp3) is 0.100. The predicted molar refractivity (Wildman–Crippen MR) is 59.5 cm³/mol. The minimum Gasteiger partial charge on any atom is -0.478 e. The van der Waals surface area contributed by atoms with Gasteiger partial charge in [-0.2, -0.15) is 5.10 Å². The molecule has 0 spiro atoms. The first-order chi connectivity index (χ1) is 8.61. The lowest BCUT2D eigenvalue weighted by molar-refractivity contribution is 0.0696. The highest BCUT2D eigenvalue weighted by Gasteiger charge is 2.10. The highest BCUT2D eigenvalue weighted by Crippen LogP contribution is 2.05. The van der Waals surface area contributed by atoms with Crippen LogP contribution >= 0.6 is 0 Å². The van der Waals surface area contributed by atoms with E-state index in [1.165, 1.54) is 36.3 Å². The summed E-state index contributed by atoms with van der Waals surface area (Å²) < 4.78 is 1.27. The van der Waals surface area contributed by atoms with Crippen molar-refractivity contribution in [3.05, 3.63) is 35.8 Å². The minimum absolute atomic E-state index is 0.0483. The van der Waals surface area contributed by atoms with Crippen molar-refractivity contribution in [1.29, 1.82) is 0 Å². The van der Waals surface area contributed by atoms with Crippen LogP contribution in [0.5, 0.6) is 0 Å². The number of hydrogen-bond donors (Lipinski definition) is 2. The van der Waals surface area contributed by atoms with E-state index in [0.717, 1.165) is 0 Å². The van der Waals surface area contributed by atoms with Gasteiger partial charge in [0.15, 0.2) is 11.5 Å². The van der Waals surface area contributed by atoms with Crippen LogP contribution in [-0.2, 0) is 0 Å². The molecule has 2 aromatic rings. The lowest BCUT2D eigenvalue weighted by Crippen LogP contribution is -2.19. The molecule has 0 saturated carbocycles. The zero-order valence-corrected chi connectivity index (χ0v) is 9.36. The standard InChI is InChI=1S/C10H9N5O3/c1-11-9(16)7-2-3-8(14-13-7)15-5-6(4-12-15)10(17)18/h2-5H,1H3,(H,11,16)(H,17,18). The summed E-state index contributed by atoms with van der Waals surface area (Å²) in [5.74, 6) is -1.09. The number of carbonyl (C=O) groups excluding carboxylic acids is 1. The first kappa shape index (κ1) is 11.7. The Balaban J connectivity index is 2.28. The molecule has 2 heterocycles. The maximum Gasteiger partial charge on any atom is 0.338 e. The van der Waals surface area contributed by atoms with Gasteiger partial charge in [-0.1, -0.05) is 0 Å². The van der Waals surface area contributed by atoms with Crippen LogP contribution in [0, 0.1) is 0 Å². The van der Waals surface area contributed by atoms with E-state index in [1.54, 1.807) is 0 Å². The van der Waals surface area contributed by atoms with Crippen LogP contribution < -0.4 is 5.32 Å². The van der Waals surface area contributed by atoms with Crippen LogP contribution in [0.1, 0.15) is 20.8 Å². The van der Waals surface area contributed by atoms with E-state index in [1.807, 2.05) is 0 Å². The van der Waals surface area contributed by atoms with Gasteiger partial charge in [0, 0.05) is 13.2 Å². The summed E-state index contributed by atoms with van der Waals surface area (Å²) in [6.07, 6.45) is 2.52. The van der Waals surface area contributed by atoms with Crippen molar-refractivity contribution in [2.75, 3.05) is 7.05 Å². The molecule has 8 nitrogen and oxygen atoms in total. The lowest BCUT2D eigenvalue weighted by Gasteiger charge is -2.00. The molecule has 8 heteroatoms. The molecule has 0 aliphatic rings. The molecule has 0 aliphatic carbocycles. The van der Waals surface area contributed by atoms with Crippen LogP contribution in [0.25, 0.3) is 5.82 Å². The molecular formula is C10H9N5O3. The fourth-order valence-corrected chi connectivity index (χ4v) is 1.26. The molecule has 0 saturated heterocycles. The molecule has 0 radical (unpaired) electrons. The summed E-state index contributed by atoms with van der Waals surface area (Å²) in [5, 5.41) is 22.5. The average molecular weight is 247 g/mol. The van der Waals surface area contributed by atoms with E-state index in [2.05, 4.69) is 20.6 Å². The van der Waals surface area contributed by atoms with Gasteiger partial charge in [-0.25, -0.2) is 9.48 Å². The lowest BCUT2D eigenvalue weighted by atomic mass is 10.3. The van der Waals surface area contributed by atoms with E-state index >= 15 is 0 Å². The number of carboxylic acid groups (broad SMARTS) is 1. The maximum absolute atomic E-state index is 11.2. The summed E-state index contributed by atoms with van der Waals surface area (Å²) in [6, 6.07) is 3.00. The van der Waals surface area contributed by atoms with Gasteiger partial charge in [-0.3, -0.25) is 4.79 Å². The van der Waals surface area contributed by atoms with Crippen molar-refractivity contribution in [3.63, 3.8) is 0 Å². The number of nitrogens with one attached hydrogen (secondary N) is 1. The Morgan fingerprint density at radius 3 is 2.61 bits per heavy atom. The molecule has 2 aromatic heterocycles. The summed E-state index contributed by atoms with van der Waals surface area (Å²) >= 11 is 0. The number of carbonyl (C=O) groups is 2. The van der Waals surface area contributed by atoms with Gasteiger partial charge in [0.1, 0.15) is 0 Å². The molecule has 0 bridgehead atoms. The molecule has 2 rings (SSSR count). The molecule has 0 unspecified atom stereocenters. The summed E-state index contributed by atoms with van der Waals surface area (Å²) in [7, 11) is 1.49. The van der Waals surface area contributed by atoms with E-state index < -0.39 is 5.97 Å². The molecule has 2 N–H and O–H groups in total. The molecule has 0 aliphatic heterocycles. The smallest absolute Gasteiger partial charge is 0.338 e. The van der Waals surface area contributed by atoms with E-state index in [9.17, 15) is 9.59 Å². The monoisotopic (exact) mass is 247 g/mol. The van der Waals surface area contributed by atoms with E-state index in [0.29, 0.717) is 5.82 Å². The number of nitrogens with zero attached hydrogens (tertiary/aromatic N) is 4. The summed E-state index contributed by atoms with van der Waals surface area (Å²) in [6.45, 7) is 0. The van der Waals surface area contributed by atoms with Crippen LogP contribution in [0.2, 0.25) is 0 Å². The number of aromatic nitrogens is 4. The van der Waals surface area contributed by atoms with Crippen molar-refractivity contribution >= 4 is 11.9 Å². The normalized spacial score (nSPS) is 10.1. The SMILES string of the molecule is CNC(=O)c1ccc(-n2cc(C(=O)O)cn2)nn1. The molecule has 18 heavy (non-hydrogen) atoms. The molecule has 0 aromatic carbocycles. The first-order valence-corrected chi connectivity index (χ1v) is 4.96. The number of hydrogen-bond acceptors (Lipinski definition) is 5. The number of amides is 1. The largest absolute Gasteiger partial charge is 0.478 e. The fourth-order valence-electron chi connectivity index (χ4n) is 1.26. The van der Waals surface area contributed by atoms with Gasteiger partial charge < -0.3 is 10.4 Å². The average Bonchev–Trinajstić information content (AvgIpc) is 2.88. The van der Waals surface area contributed by atoms with Crippen molar-refractivity contribution in [3.8, 4) is 5.82 Å². The number of rotatable bonds is 3. The van der Waals surface area contributed by atoms with Crippen molar-refractivity contribution in [2.45, 2.75) is 0 Å². The highest BCUT2D eigenvalue weighted by atomic mass is 16.4. The quantitative estimate of drug-likeness (QED) is 0.771. The third-order valence-electron chi connectivity index (χ3n) is 2.17. The second-order valence-electron chi connectivity index (χ2n) is 3.33. The van der Waals surface area contributed by atoms with Crippen LogP contribution in [-0.4, -0.2) is 44.0 Å². The Morgan fingerprint density at radius 1 is 1.33 bits per heavy atom. The van der Waals surface area contributed by atoms with Gasteiger partial charge in [0.05, 0.1) is 11.8 Å². The Hall–Kier alpha value is -2.77. The summed E-state index contributed by atoms with van der Waals surface area (Å²) in [4.78, 5) is 21.9. The van der Waals surface area contributed by atoms with Crippen LogP contribution in [0.3, 0.4) is 0 Å². The van der Waals surface area contributed by atoms with Crippen molar-refractivity contribution in [2.24, 2.45) is 0 Å². The Kier molecular flexibility index (Phi) is 3.00. The second kappa shape index (κ2) is 4.62. The predicted octanol–water partition coefficient (Wildman–Crippen LogP) is -0.280. The molecule has 1 amide bonds.